The van der Waals surface area contributed by atoms with Crippen molar-refractivity contribution < 1.29 is 72.5 Å². The van der Waals surface area contributed by atoms with Gasteiger partial charge in [0.25, 0.3) is 0 Å². The molecule has 0 bridgehead atoms. The third-order valence-electron chi connectivity index (χ3n) is 5.62. The van der Waals surface area contributed by atoms with Crippen LogP contribution < -0.4 is 0 Å². The molecule has 153 valence electrons. The second kappa shape index (κ2) is 17.2. The van der Waals surface area contributed by atoms with Gasteiger partial charge in [-0.05, 0) is 30.1 Å². The van der Waals surface area contributed by atoms with Crippen LogP contribution >= 0.6 is 0 Å². The maximum Gasteiger partial charge on any atom is 0.157 e. The average molecular weight is 695 g/mol. The third-order valence-corrected chi connectivity index (χ3v) is 5.95. The summed E-state index contributed by atoms with van der Waals surface area (Å²) in [6.45, 7) is 12.2. The minimum absolute atomic E-state index is 0. The van der Waals surface area contributed by atoms with Gasteiger partial charge in [-0.1, -0.05) is 67.2 Å². The molecule has 3 radical (unpaired) electrons. The molecule has 0 fully saturated rings. The number of halogens is 2. The van der Waals surface area contributed by atoms with Gasteiger partial charge in [0.2, 0.25) is 0 Å². The zero-order valence-electron chi connectivity index (χ0n) is 16.6. The Hall–Kier alpha value is 2.29. The van der Waals surface area contributed by atoms with Gasteiger partial charge in [-0.2, -0.15) is 0 Å². The molecule has 25 heavy (non-hydrogen) atoms. The number of aliphatic hydroxyl groups excluding tert-OH is 1. The first-order valence-electron chi connectivity index (χ1n) is 9.33. The Balaban J connectivity index is -0.00000242. The fourth-order valence-corrected chi connectivity index (χ4v) is 3.12. The van der Waals surface area contributed by atoms with Crippen LogP contribution in [0.2, 0.25) is 4.78 Å². The predicted molar refractivity (Wildman–Crippen MR) is 96.4 cm³/mol. The van der Waals surface area contributed by atoms with Crippen LogP contribution in [0.25, 0.3) is 0 Å². The van der Waals surface area contributed by atoms with E-state index in [1.54, 1.807) is 13.8 Å². The van der Waals surface area contributed by atoms with Crippen molar-refractivity contribution in [2.45, 2.75) is 96.9 Å². The second-order valence-corrected chi connectivity index (χ2v) is 8.93. The molecule has 8 unspecified atom stereocenters. The molecule has 1 nitrogen and oxygen atoms in total. The molecule has 8 atom stereocenters. The summed E-state index contributed by atoms with van der Waals surface area (Å²) >= 11 is 2.84. The molecule has 0 saturated carbocycles. The van der Waals surface area contributed by atoms with Crippen LogP contribution in [-0.2, 0) is 20.4 Å². The Morgan fingerprint density at radius 2 is 1.20 bits per heavy atom. The minimum Gasteiger partial charge on any atom is -0.390 e. The summed E-state index contributed by atoms with van der Waals surface area (Å²) in [4.78, 5) is 0. The molecule has 0 aliphatic rings. The van der Waals surface area contributed by atoms with Crippen LogP contribution in [-0.4, -0.2) is 39.8 Å². The molecule has 0 aromatic rings. The van der Waals surface area contributed by atoms with Crippen LogP contribution in [0, 0.1) is 61.8 Å². The standard InChI is InChI=1S/C19H37F2O.Al.Dy.Re/c1-7-9-10-13(3)14(4)11-12-15(5)16(6)18(20)19(21)17(22)8-2;;;/h7,13-19,22H,8-12H2,1-6H3;;;. The molecule has 0 amide bonds. The van der Waals surface area contributed by atoms with Gasteiger partial charge in [0.15, 0.2) is 6.17 Å². The monoisotopic (exact) mass is 697 g/mol. The van der Waals surface area contributed by atoms with Gasteiger partial charge in [-0.15, -0.1) is 4.78 Å². The van der Waals surface area contributed by atoms with Crippen LogP contribution in [0.3, 0.4) is 0 Å². The summed E-state index contributed by atoms with van der Waals surface area (Å²) < 4.78 is 28.8. The molecular weight excluding hydrogens is 658 g/mol. The number of aliphatic hydroxyl groups is 1. The summed E-state index contributed by atoms with van der Waals surface area (Å²) in [5, 5.41) is 9.51. The Morgan fingerprint density at radius 3 is 1.60 bits per heavy atom. The zero-order chi connectivity index (χ0) is 18.2. The second-order valence-electron chi connectivity index (χ2n) is 7.79. The van der Waals surface area contributed by atoms with Crippen molar-refractivity contribution >= 4 is 16.3 Å². The van der Waals surface area contributed by atoms with E-state index in [1.165, 1.54) is 12.8 Å². The number of hydrogen-bond donors (Lipinski definition) is 1. The summed E-state index contributed by atoms with van der Waals surface area (Å²) in [6, 6.07) is 0. The quantitative estimate of drug-likeness (QED) is 0.267. The topological polar surface area (TPSA) is 20.2 Å². The first kappa shape index (κ1) is 32.0. The van der Waals surface area contributed by atoms with E-state index in [-0.39, 0.29) is 76.9 Å². The molecule has 0 aromatic heterocycles. The van der Waals surface area contributed by atoms with Gasteiger partial charge >= 0.3 is 0 Å². The Kier molecular flexibility index (Phi) is 22.0. The van der Waals surface area contributed by atoms with Crippen molar-refractivity contribution in [1.29, 1.82) is 0 Å². The van der Waals surface area contributed by atoms with E-state index in [0.29, 0.717) is 16.6 Å². The van der Waals surface area contributed by atoms with Crippen molar-refractivity contribution in [2.75, 3.05) is 0 Å². The molecule has 0 rings (SSSR count). The average Bonchev–Trinajstić information content (AvgIpc) is 2.53. The maximum atomic E-state index is 14.2. The number of hydrogen-bond acceptors (Lipinski definition) is 1. The first-order chi connectivity index (χ1) is 10.6. The van der Waals surface area contributed by atoms with Gasteiger partial charge in [0.1, 0.15) is 22.5 Å². The molecule has 0 heterocycles. The van der Waals surface area contributed by atoms with Crippen molar-refractivity contribution in [3.63, 3.8) is 0 Å². The van der Waals surface area contributed by atoms with Crippen LogP contribution in [0.5, 0.6) is 0 Å². The zero-order valence-corrected chi connectivity index (χ0v) is 22.5. The summed E-state index contributed by atoms with van der Waals surface area (Å²) in [7, 11) is 0. The van der Waals surface area contributed by atoms with E-state index in [0.717, 1.165) is 12.8 Å². The summed E-state index contributed by atoms with van der Waals surface area (Å²) in [5.74, 6) is 1.04. The predicted octanol–water partition coefficient (Wildman–Crippen LogP) is 5.51. The van der Waals surface area contributed by atoms with E-state index in [1.807, 2.05) is 6.92 Å². The molecule has 1 N–H and O–H groups in total. The van der Waals surface area contributed by atoms with Crippen molar-refractivity contribution in [2.24, 2.45) is 23.7 Å². The van der Waals surface area contributed by atoms with Gasteiger partial charge in [0.05, 0.1) is 6.10 Å². The maximum absolute atomic E-state index is 14.2. The fraction of sp³-hybridized carbons (Fsp3) is 1.00. The van der Waals surface area contributed by atoms with Gasteiger partial charge in [-0.3, -0.25) is 0 Å². The summed E-state index contributed by atoms with van der Waals surface area (Å²) in [6.07, 6.45) is 0.126. The smallest absolute Gasteiger partial charge is 0.157 e. The Morgan fingerprint density at radius 1 is 0.800 bits per heavy atom. The Bertz CT molecular complexity index is 313. The number of rotatable bonds is 12. The van der Waals surface area contributed by atoms with Crippen LogP contribution in [0.15, 0.2) is 0 Å². The molecule has 0 aliphatic heterocycles. The van der Waals surface area contributed by atoms with E-state index in [2.05, 4.69) is 37.1 Å². The minimum atomic E-state index is -1.77. The van der Waals surface area contributed by atoms with E-state index >= 15 is 0 Å². The van der Waals surface area contributed by atoms with E-state index in [4.69, 9.17) is 0 Å². The summed E-state index contributed by atoms with van der Waals surface area (Å²) in [5.41, 5.74) is 0. The fourth-order valence-electron chi connectivity index (χ4n) is 2.92. The Labute approximate surface area is 207 Å². The molecule has 0 spiro atoms. The largest absolute Gasteiger partial charge is 0.390 e. The van der Waals surface area contributed by atoms with Crippen molar-refractivity contribution in [3.05, 3.63) is 0 Å². The van der Waals surface area contributed by atoms with Crippen LogP contribution in [0.4, 0.5) is 8.78 Å². The molecule has 0 aromatic carbocycles. The van der Waals surface area contributed by atoms with Gasteiger partial charge in [0, 0.05) is 58.6 Å². The molecular formula is C19H37AlDyF2ORe. The van der Waals surface area contributed by atoms with Crippen molar-refractivity contribution in [1.82, 2.24) is 0 Å². The van der Waals surface area contributed by atoms with E-state index in [9.17, 15) is 13.9 Å². The molecule has 0 aliphatic carbocycles. The van der Waals surface area contributed by atoms with Crippen LogP contribution in [0.1, 0.15) is 73.6 Å². The normalized spacial score (nSPS) is 20.8. The first-order valence-corrected chi connectivity index (χ1v) is 10.00. The number of alkyl halides is 2. The SMILES string of the molecule is CCC(O)C(F)C(F)C(C)C(C)CCC(C)C(C)CC[CH](C)[Al].[Dy].[Re]. The van der Waals surface area contributed by atoms with Gasteiger partial charge < -0.3 is 5.11 Å². The van der Waals surface area contributed by atoms with Crippen molar-refractivity contribution in [3.8, 4) is 0 Å². The van der Waals surface area contributed by atoms with Gasteiger partial charge in [-0.25, -0.2) is 8.78 Å². The third kappa shape index (κ3) is 13.2. The van der Waals surface area contributed by atoms with E-state index < -0.39 is 18.4 Å². The molecule has 0 saturated heterocycles. The molecule has 6 heteroatoms.